The van der Waals surface area contributed by atoms with Gasteiger partial charge in [0.15, 0.2) is 0 Å². The van der Waals surface area contributed by atoms with Gasteiger partial charge in [0.05, 0.1) is 19.3 Å². The molecule has 0 bridgehead atoms. The molecule has 3 rings (SSSR count). The SMILES string of the molecule is CCOc1ccc(NC(=NC[C@@H]2CCCO2)NC(=O)c2cccc(N(C)C)c2)cc1. The van der Waals surface area contributed by atoms with E-state index >= 15 is 0 Å². The molecule has 1 heterocycles. The van der Waals surface area contributed by atoms with Crippen molar-refractivity contribution in [3.05, 3.63) is 54.1 Å². The Balaban J connectivity index is 1.73. The Morgan fingerprint density at radius 1 is 1.23 bits per heavy atom. The second-order valence-corrected chi connectivity index (χ2v) is 7.31. The Bertz CT molecular complexity index is 859. The minimum Gasteiger partial charge on any atom is -0.494 e. The number of carbonyl (C=O) groups excluding carboxylic acids is 1. The average Bonchev–Trinajstić information content (AvgIpc) is 3.27. The summed E-state index contributed by atoms with van der Waals surface area (Å²) in [6.07, 6.45) is 2.13. The molecule has 1 saturated heterocycles. The van der Waals surface area contributed by atoms with Crippen LogP contribution in [-0.4, -0.2) is 51.8 Å². The normalized spacial score (nSPS) is 16.2. The smallest absolute Gasteiger partial charge is 0.258 e. The van der Waals surface area contributed by atoms with Gasteiger partial charge in [-0.3, -0.25) is 10.1 Å². The molecule has 7 nitrogen and oxygen atoms in total. The molecular weight excluding hydrogens is 380 g/mol. The van der Waals surface area contributed by atoms with Gasteiger partial charge in [0.2, 0.25) is 5.96 Å². The summed E-state index contributed by atoms with van der Waals surface area (Å²) in [4.78, 5) is 19.4. The first-order chi connectivity index (χ1) is 14.5. The van der Waals surface area contributed by atoms with Gasteiger partial charge in [-0.1, -0.05) is 6.07 Å². The van der Waals surface area contributed by atoms with E-state index in [1.807, 2.05) is 68.4 Å². The van der Waals surface area contributed by atoms with Gasteiger partial charge in [-0.05, 0) is 62.2 Å². The average molecular weight is 411 g/mol. The number of aliphatic imine (C=N–C) groups is 1. The molecular formula is C23H30N4O3. The van der Waals surface area contributed by atoms with E-state index in [1.165, 1.54) is 0 Å². The number of carbonyl (C=O) groups is 1. The zero-order valence-electron chi connectivity index (χ0n) is 17.9. The summed E-state index contributed by atoms with van der Waals surface area (Å²) < 4.78 is 11.1. The number of guanidine groups is 1. The maximum absolute atomic E-state index is 12.9. The molecule has 0 saturated carbocycles. The molecule has 1 atom stereocenters. The quantitative estimate of drug-likeness (QED) is 0.540. The van der Waals surface area contributed by atoms with Crippen LogP contribution in [-0.2, 0) is 4.74 Å². The largest absolute Gasteiger partial charge is 0.494 e. The third-order valence-electron chi connectivity index (χ3n) is 4.76. The minimum absolute atomic E-state index is 0.0936. The molecule has 1 aliphatic rings. The van der Waals surface area contributed by atoms with Crippen LogP contribution < -0.4 is 20.3 Å². The van der Waals surface area contributed by atoms with Crippen molar-refractivity contribution in [3.63, 3.8) is 0 Å². The first-order valence-electron chi connectivity index (χ1n) is 10.3. The van der Waals surface area contributed by atoms with Gasteiger partial charge in [-0.25, -0.2) is 4.99 Å². The predicted octanol–water partition coefficient (Wildman–Crippen LogP) is 3.53. The summed E-state index contributed by atoms with van der Waals surface area (Å²) in [6, 6.07) is 15.0. The number of benzene rings is 2. The van der Waals surface area contributed by atoms with Gasteiger partial charge >= 0.3 is 0 Å². The fourth-order valence-corrected chi connectivity index (χ4v) is 3.13. The maximum Gasteiger partial charge on any atom is 0.258 e. The van der Waals surface area contributed by atoms with E-state index < -0.39 is 0 Å². The van der Waals surface area contributed by atoms with Crippen LogP contribution in [0.25, 0.3) is 0 Å². The molecule has 160 valence electrons. The van der Waals surface area contributed by atoms with Gasteiger partial charge < -0.3 is 19.7 Å². The van der Waals surface area contributed by atoms with E-state index in [0.717, 1.165) is 36.6 Å². The van der Waals surface area contributed by atoms with Crippen LogP contribution in [0, 0.1) is 0 Å². The lowest BCUT2D eigenvalue weighted by Gasteiger charge is -2.15. The highest BCUT2D eigenvalue weighted by Gasteiger charge is 2.16. The van der Waals surface area contributed by atoms with Crippen LogP contribution in [0.2, 0.25) is 0 Å². The predicted molar refractivity (Wildman–Crippen MR) is 121 cm³/mol. The van der Waals surface area contributed by atoms with Crippen molar-refractivity contribution < 1.29 is 14.3 Å². The highest BCUT2D eigenvalue weighted by atomic mass is 16.5. The van der Waals surface area contributed by atoms with Crippen LogP contribution in [0.5, 0.6) is 5.75 Å². The van der Waals surface area contributed by atoms with E-state index in [9.17, 15) is 4.79 Å². The zero-order chi connectivity index (χ0) is 21.3. The summed E-state index contributed by atoms with van der Waals surface area (Å²) in [5.74, 6) is 0.976. The monoisotopic (exact) mass is 410 g/mol. The fraction of sp³-hybridized carbons (Fsp3) is 0.391. The van der Waals surface area contributed by atoms with Crippen molar-refractivity contribution in [2.75, 3.05) is 44.1 Å². The third kappa shape index (κ3) is 6.22. The van der Waals surface area contributed by atoms with Gasteiger partial charge in [-0.2, -0.15) is 0 Å². The third-order valence-corrected chi connectivity index (χ3v) is 4.76. The lowest BCUT2D eigenvalue weighted by Crippen LogP contribution is -2.36. The number of nitrogens with zero attached hydrogens (tertiary/aromatic N) is 2. The molecule has 0 aliphatic carbocycles. The molecule has 1 fully saturated rings. The number of hydrogen-bond acceptors (Lipinski definition) is 5. The van der Waals surface area contributed by atoms with Crippen LogP contribution in [0.4, 0.5) is 11.4 Å². The van der Waals surface area contributed by atoms with Crippen molar-refractivity contribution in [2.24, 2.45) is 4.99 Å². The highest BCUT2D eigenvalue weighted by molar-refractivity contribution is 6.10. The van der Waals surface area contributed by atoms with Crippen molar-refractivity contribution in [1.29, 1.82) is 0 Å². The number of rotatable bonds is 7. The van der Waals surface area contributed by atoms with E-state index in [-0.39, 0.29) is 12.0 Å². The Kier molecular flexibility index (Phi) is 7.68. The summed E-state index contributed by atoms with van der Waals surface area (Å²) in [6.45, 7) is 3.83. The Morgan fingerprint density at radius 3 is 2.70 bits per heavy atom. The van der Waals surface area contributed by atoms with Crippen LogP contribution in [0.1, 0.15) is 30.1 Å². The van der Waals surface area contributed by atoms with E-state index in [4.69, 9.17) is 9.47 Å². The highest BCUT2D eigenvalue weighted by Crippen LogP contribution is 2.17. The first-order valence-corrected chi connectivity index (χ1v) is 10.3. The van der Waals surface area contributed by atoms with Crippen LogP contribution in [0.15, 0.2) is 53.5 Å². The second-order valence-electron chi connectivity index (χ2n) is 7.31. The maximum atomic E-state index is 12.9. The molecule has 2 aromatic carbocycles. The molecule has 2 aromatic rings. The van der Waals surface area contributed by atoms with Crippen molar-refractivity contribution in [3.8, 4) is 5.75 Å². The van der Waals surface area contributed by atoms with Crippen LogP contribution in [0.3, 0.4) is 0 Å². The molecule has 0 unspecified atom stereocenters. The van der Waals surface area contributed by atoms with E-state index in [2.05, 4.69) is 15.6 Å². The Morgan fingerprint density at radius 2 is 2.03 bits per heavy atom. The topological polar surface area (TPSA) is 75.2 Å². The van der Waals surface area contributed by atoms with Gasteiger partial charge in [-0.15, -0.1) is 0 Å². The summed E-state index contributed by atoms with van der Waals surface area (Å²) >= 11 is 0. The molecule has 1 amide bonds. The van der Waals surface area contributed by atoms with Crippen molar-refractivity contribution in [2.45, 2.75) is 25.9 Å². The molecule has 30 heavy (non-hydrogen) atoms. The number of nitrogens with one attached hydrogen (secondary N) is 2. The van der Waals surface area contributed by atoms with Crippen molar-refractivity contribution >= 4 is 23.2 Å². The van der Waals surface area contributed by atoms with Crippen molar-refractivity contribution in [1.82, 2.24) is 5.32 Å². The number of hydrogen-bond donors (Lipinski definition) is 2. The van der Waals surface area contributed by atoms with E-state index in [0.29, 0.717) is 24.7 Å². The Labute approximate surface area is 178 Å². The number of anilines is 2. The molecule has 7 heteroatoms. The minimum atomic E-state index is -0.219. The fourth-order valence-electron chi connectivity index (χ4n) is 3.13. The molecule has 0 radical (unpaired) electrons. The van der Waals surface area contributed by atoms with E-state index in [1.54, 1.807) is 6.07 Å². The van der Waals surface area contributed by atoms with Gasteiger partial charge in [0.25, 0.3) is 5.91 Å². The summed E-state index contributed by atoms with van der Waals surface area (Å²) in [5.41, 5.74) is 2.34. The molecule has 0 aromatic heterocycles. The number of amides is 1. The standard InChI is InChI=1S/C23H30N4O3/c1-4-29-20-12-10-18(11-13-20)25-23(24-16-21-9-6-14-30-21)26-22(28)17-7-5-8-19(15-17)27(2)3/h5,7-8,10-13,15,21H,4,6,9,14,16H2,1-3H3,(H2,24,25,26,28)/t21-/m0/s1. The van der Waals surface area contributed by atoms with Gasteiger partial charge in [0, 0.05) is 37.6 Å². The number of ether oxygens (including phenoxy) is 2. The van der Waals surface area contributed by atoms with Gasteiger partial charge in [0.1, 0.15) is 5.75 Å². The lowest BCUT2D eigenvalue weighted by atomic mass is 10.2. The van der Waals surface area contributed by atoms with Crippen LogP contribution >= 0.6 is 0 Å². The lowest BCUT2D eigenvalue weighted by molar-refractivity contribution is 0.0975. The molecule has 0 spiro atoms. The summed E-state index contributed by atoms with van der Waals surface area (Å²) in [7, 11) is 3.89. The molecule has 2 N–H and O–H groups in total. The Hall–Kier alpha value is -3.06. The summed E-state index contributed by atoms with van der Waals surface area (Å²) in [5, 5.41) is 6.11. The second kappa shape index (κ2) is 10.6. The molecule has 1 aliphatic heterocycles. The zero-order valence-corrected chi connectivity index (χ0v) is 17.9. The first kappa shape index (κ1) is 21.6.